The lowest BCUT2D eigenvalue weighted by Gasteiger charge is -2.18. The van der Waals surface area contributed by atoms with Gasteiger partial charge in [0.05, 0.1) is 12.7 Å². The molecular formula is C35H41F3O. The molecule has 0 N–H and O–H groups in total. The van der Waals surface area contributed by atoms with Crippen LogP contribution in [0.1, 0.15) is 88.4 Å². The van der Waals surface area contributed by atoms with Gasteiger partial charge in [-0.15, -0.1) is 6.58 Å². The minimum atomic E-state index is -0.806. The summed E-state index contributed by atoms with van der Waals surface area (Å²) in [7, 11) is 0. The highest BCUT2D eigenvalue weighted by Gasteiger charge is 2.23. The Balaban J connectivity index is 1.42. The highest BCUT2D eigenvalue weighted by molar-refractivity contribution is 5.71. The summed E-state index contributed by atoms with van der Waals surface area (Å²) in [5, 5.41) is 0. The molecule has 1 nitrogen and oxygen atoms in total. The number of halogens is 3. The molecule has 208 valence electrons. The maximum absolute atomic E-state index is 15.2. The van der Waals surface area contributed by atoms with Crippen LogP contribution in [0.5, 0.6) is 0 Å². The number of benzene rings is 3. The molecule has 3 aromatic carbocycles. The van der Waals surface area contributed by atoms with Crippen LogP contribution in [0.4, 0.5) is 13.2 Å². The van der Waals surface area contributed by atoms with Gasteiger partial charge in [0.15, 0.2) is 11.6 Å². The van der Waals surface area contributed by atoms with Crippen LogP contribution in [0.2, 0.25) is 0 Å². The lowest BCUT2D eigenvalue weighted by atomic mass is 9.95. The maximum atomic E-state index is 15.2. The van der Waals surface area contributed by atoms with Gasteiger partial charge in [-0.1, -0.05) is 93.6 Å². The second-order valence-corrected chi connectivity index (χ2v) is 10.9. The number of hydrogen-bond acceptors (Lipinski definition) is 1. The summed E-state index contributed by atoms with van der Waals surface area (Å²) in [5.41, 5.74) is 3.44. The van der Waals surface area contributed by atoms with Crippen molar-refractivity contribution < 1.29 is 17.9 Å². The summed E-state index contributed by atoms with van der Waals surface area (Å²) >= 11 is 0. The van der Waals surface area contributed by atoms with Gasteiger partial charge in [0.25, 0.3) is 0 Å². The van der Waals surface area contributed by atoms with Crippen LogP contribution < -0.4 is 0 Å². The molecule has 0 bridgehead atoms. The summed E-state index contributed by atoms with van der Waals surface area (Å²) in [6, 6.07) is 15.8. The van der Waals surface area contributed by atoms with Gasteiger partial charge in [0.2, 0.25) is 0 Å². The van der Waals surface area contributed by atoms with E-state index in [1.165, 1.54) is 6.42 Å². The van der Waals surface area contributed by atoms with Crippen molar-refractivity contribution in [2.24, 2.45) is 5.92 Å². The van der Waals surface area contributed by atoms with Crippen LogP contribution in [-0.4, -0.2) is 6.61 Å². The molecule has 0 saturated carbocycles. The third-order valence-electron chi connectivity index (χ3n) is 7.98. The number of allylic oxidation sites excluding steroid dienone is 1. The smallest absolute Gasteiger partial charge is 0.166 e. The maximum Gasteiger partial charge on any atom is 0.166 e. The zero-order valence-electron chi connectivity index (χ0n) is 23.2. The largest absolute Gasteiger partial charge is 0.373 e. The van der Waals surface area contributed by atoms with E-state index in [1.807, 2.05) is 30.3 Å². The first-order chi connectivity index (χ1) is 19.0. The Kier molecular flexibility index (Phi) is 10.8. The van der Waals surface area contributed by atoms with Crippen molar-refractivity contribution in [1.82, 2.24) is 0 Å². The SMILES string of the molecule is C=CCCC1CCCC(c2ccc(-c3ccc(-c4ccc(CCCCCCC)c(F)c4F)cc3)cc2F)OC1. The Labute approximate surface area is 232 Å². The van der Waals surface area contributed by atoms with Crippen molar-refractivity contribution >= 4 is 0 Å². The molecule has 2 unspecified atom stereocenters. The van der Waals surface area contributed by atoms with Crippen LogP contribution in [0.15, 0.2) is 67.3 Å². The molecule has 0 radical (unpaired) electrons. The molecular weight excluding hydrogens is 493 g/mol. The lowest BCUT2D eigenvalue weighted by molar-refractivity contribution is 0.0362. The zero-order chi connectivity index (χ0) is 27.6. The second kappa shape index (κ2) is 14.5. The first-order valence-corrected chi connectivity index (χ1v) is 14.6. The van der Waals surface area contributed by atoms with Gasteiger partial charge in [-0.05, 0) is 72.8 Å². The minimum Gasteiger partial charge on any atom is -0.373 e. The van der Waals surface area contributed by atoms with Crippen molar-refractivity contribution in [3.8, 4) is 22.3 Å². The van der Waals surface area contributed by atoms with E-state index in [0.717, 1.165) is 68.9 Å². The third kappa shape index (κ3) is 7.63. The summed E-state index contributed by atoms with van der Waals surface area (Å²) in [5.74, 6) is -1.33. The van der Waals surface area contributed by atoms with Gasteiger partial charge < -0.3 is 4.74 Å². The highest BCUT2D eigenvalue weighted by atomic mass is 19.2. The van der Waals surface area contributed by atoms with E-state index in [1.54, 1.807) is 30.3 Å². The fourth-order valence-electron chi connectivity index (χ4n) is 5.57. The zero-order valence-corrected chi connectivity index (χ0v) is 23.2. The summed E-state index contributed by atoms with van der Waals surface area (Å²) < 4.78 is 51.0. The highest BCUT2D eigenvalue weighted by Crippen LogP contribution is 2.35. The first-order valence-electron chi connectivity index (χ1n) is 14.6. The molecule has 1 heterocycles. The molecule has 39 heavy (non-hydrogen) atoms. The Morgan fingerprint density at radius 1 is 0.846 bits per heavy atom. The van der Waals surface area contributed by atoms with Crippen LogP contribution in [0.25, 0.3) is 22.3 Å². The van der Waals surface area contributed by atoms with Crippen molar-refractivity contribution in [3.05, 3.63) is 95.8 Å². The topological polar surface area (TPSA) is 9.23 Å². The van der Waals surface area contributed by atoms with Crippen LogP contribution in [-0.2, 0) is 11.2 Å². The van der Waals surface area contributed by atoms with Gasteiger partial charge >= 0.3 is 0 Å². The Hall–Kier alpha value is -2.85. The van der Waals surface area contributed by atoms with Gasteiger partial charge in [-0.3, -0.25) is 0 Å². The lowest BCUT2D eigenvalue weighted by Crippen LogP contribution is -2.10. The number of ether oxygens (including phenoxy) is 1. The summed E-state index contributed by atoms with van der Waals surface area (Å²) in [6.07, 6.45) is 12.6. The van der Waals surface area contributed by atoms with E-state index in [2.05, 4.69) is 13.5 Å². The normalized spacial score (nSPS) is 17.6. The first kappa shape index (κ1) is 29.1. The summed E-state index contributed by atoms with van der Waals surface area (Å²) in [6.45, 7) is 6.61. The van der Waals surface area contributed by atoms with Gasteiger partial charge in [0.1, 0.15) is 5.82 Å². The van der Waals surface area contributed by atoms with E-state index >= 15 is 4.39 Å². The van der Waals surface area contributed by atoms with Crippen molar-refractivity contribution in [2.75, 3.05) is 6.61 Å². The number of rotatable bonds is 12. The average Bonchev–Trinajstić information content (AvgIpc) is 3.20. The van der Waals surface area contributed by atoms with Gasteiger partial charge in [-0.25, -0.2) is 13.2 Å². The fourth-order valence-corrected chi connectivity index (χ4v) is 5.57. The molecule has 4 rings (SSSR count). The van der Waals surface area contributed by atoms with E-state index in [4.69, 9.17) is 4.74 Å². The molecule has 4 heteroatoms. The molecule has 1 fully saturated rings. The Morgan fingerprint density at radius 2 is 1.59 bits per heavy atom. The monoisotopic (exact) mass is 534 g/mol. The second-order valence-electron chi connectivity index (χ2n) is 10.9. The van der Waals surface area contributed by atoms with Gasteiger partial charge in [0, 0.05) is 11.1 Å². The number of unbranched alkanes of at least 4 members (excludes halogenated alkanes) is 4. The fraction of sp³-hybridized carbons (Fsp3) is 0.429. The van der Waals surface area contributed by atoms with E-state index in [0.29, 0.717) is 35.6 Å². The Morgan fingerprint density at radius 3 is 2.33 bits per heavy atom. The average molecular weight is 535 g/mol. The molecule has 2 atom stereocenters. The number of aryl methyl sites for hydroxylation is 1. The minimum absolute atomic E-state index is 0.229. The molecule has 1 aliphatic rings. The van der Waals surface area contributed by atoms with E-state index in [-0.39, 0.29) is 17.5 Å². The molecule has 3 aromatic rings. The quantitative estimate of drug-likeness (QED) is 0.166. The molecule has 1 saturated heterocycles. The number of hydrogen-bond donors (Lipinski definition) is 0. The van der Waals surface area contributed by atoms with Crippen molar-refractivity contribution in [1.29, 1.82) is 0 Å². The Bertz CT molecular complexity index is 1220. The molecule has 0 amide bonds. The van der Waals surface area contributed by atoms with E-state index in [9.17, 15) is 8.78 Å². The standard InChI is InChI=1S/C35H41F3O/c1-3-5-7-8-9-13-28-19-21-30(35(38)34(28)37)27-17-15-26(16-18-27)29-20-22-31(32(36)23-29)33-14-10-12-25(24-39-33)11-6-4-2/h4,15-23,25,33H,2-3,5-14,24H2,1H3. The summed E-state index contributed by atoms with van der Waals surface area (Å²) in [4.78, 5) is 0. The predicted molar refractivity (Wildman–Crippen MR) is 155 cm³/mol. The molecule has 0 aliphatic carbocycles. The molecule has 0 spiro atoms. The third-order valence-corrected chi connectivity index (χ3v) is 7.98. The van der Waals surface area contributed by atoms with Crippen LogP contribution >= 0.6 is 0 Å². The predicted octanol–water partition coefficient (Wildman–Crippen LogP) is 10.8. The molecule has 1 aliphatic heterocycles. The van der Waals surface area contributed by atoms with Gasteiger partial charge in [-0.2, -0.15) is 0 Å². The van der Waals surface area contributed by atoms with E-state index < -0.39 is 11.6 Å². The molecule has 0 aromatic heterocycles. The van der Waals surface area contributed by atoms with Crippen molar-refractivity contribution in [2.45, 2.75) is 83.7 Å². The van der Waals surface area contributed by atoms with Crippen molar-refractivity contribution in [3.63, 3.8) is 0 Å². The van der Waals surface area contributed by atoms with Crippen LogP contribution in [0.3, 0.4) is 0 Å². The van der Waals surface area contributed by atoms with Crippen LogP contribution in [0, 0.1) is 23.4 Å².